The summed E-state index contributed by atoms with van der Waals surface area (Å²) in [4.78, 5) is 26.4. The number of ether oxygens (including phenoxy) is 1. The van der Waals surface area contributed by atoms with Crippen LogP contribution in [0.5, 0.6) is 0 Å². The quantitative estimate of drug-likeness (QED) is 0.469. The molecule has 6 heteroatoms. The van der Waals surface area contributed by atoms with Crippen LogP contribution < -0.4 is 0 Å². The monoisotopic (exact) mass is 290 g/mol. The molecule has 5 nitrogen and oxygen atoms in total. The van der Waals surface area contributed by atoms with Gasteiger partial charge in [0.1, 0.15) is 5.70 Å². The average molecular weight is 290 g/mol. The fourth-order valence-electron chi connectivity index (χ4n) is 1.88. The third-order valence-corrected chi connectivity index (χ3v) is 3.64. The van der Waals surface area contributed by atoms with E-state index in [4.69, 9.17) is 12.2 Å². The molecule has 2 rings (SSSR count). The third-order valence-electron chi connectivity index (χ3n) is 3.09. The second-order valence-corrected chi connectivity index (χ2v) is 4.71. The minimum Gasteiger partial charge on any atom is -0.465 e. The second-order valence-electron chi connectivity index (χ2n) is 4.35. The minimum atomic E-state index is -0.390. The van der Waals surface area contributed by atoms with Crippen LogP contribution in [0.15, 0.2) is 30.0 Å². The smallest absolute Gasteiger partial charge is 0.337 e. The van der Waals surface area contributed by atoms with Crippen LogP contribution >= 0.6 is 12.2 Å². The number of carbonyl (C=O) groups excluding carboxylic acids is 2. The third kappa shape index (κ3) is 2.42. The van der Waals surface area contributed by atoms with E-state index in [9.17, 15) is 9.59 Å². The molecule has 1 aromatic carbocycles. The lowest BCUT2D eigenvalue weighted by molar-refractivity contribution is -0.121. The van der Waals surface area contributed by atoms with Gasteiger partial charge in [-0.1, -0.05) is 12.1 Å². The number of hydrogen-bond donors (Lipinski definition) is 0. The van der Waals surface area contributed by atoms with E-state index in [2.05, 4.69) is 4.74 Å². The molecular formula is C14H14N2O3S. The van der Waals surface area contributed by atoms with Crippen molar-refractivity contribution in [2.45, 2.75) is 0 Å². The van der Waals surface area contributed by atoms with Gasteiger partial charge in [-0.25, -0.2) is 4.79 Å². The zero-order valence-electron chi connectivity index (χ0n) is 11.4. The van der Waals surface area contributed by atoms with Crippen LogP contribution in [0.25, 0.3) is 6.08 Å². The topological polar surface area (TPSA) is 49.9 Å². The number of thiocarbonyl (C=S) groups is 1. The molecule has 104 valence electrons. The van der Waals surface area contributed by atoms with E-state index in [1.54, 1.807) is 49.3 Å². The molecule has 0 unspecified atom stereocenters. The molecule has 0 atom stereocenters. The number of hydrogen-bond acceptors (Lipinski definition) is 4. The highest BCUT2D eigenvalue weighted by molar-refractivity contribution is 7.80. The van der Waals surface area contributed by atoms with Gasteiger partial charge in [0.05, 0.1) is 12.7 Å². The van der Waals surface area contributed by atoms with Crippen molar-refractivity contribution < 1.29 is 14.3 Å². The highest BCUT2D eigenvalue weighted by Gasteiger charge is 2.32. The van der Waals surface area contributed by atoms with Gasteiger partial charge in [-0.2, -0.15) is 0 Å². The fraction of sp³-hybridized carbons (Fsp3) is 0.214. The summed E-state index contributed by atoms with van der Waals surface area (Å²) < 4.78 is 4.63. The van der Waals surface area contributed by atoms with Crippen LogP contribution in [0.1, 0.15) is 15.9 Å². The molecule has 1 aliphatic rings. The lowest BCUT2D eigenvalue weighted by atomic mass is 10.1. The molecule has 20 heavy (non-hydrogen) atoms. The molecule has 0 radical (unpaired) electrons. The number of esters is 1. The first-order chi connectivity index (χ1) is 9.45. The van der Waals surface area contributed by atoms with E-state index in [0.29, 0.717) is 16.4 Å². The summed E-state index contributed by atoms with van der Waals surface area (Å²) in [6.07, 6.45) is 1.74. The fourth-order valence-corrected chi connectivity index (χ4v) is 2.06. The van der Waals surface area contributed by atoms with Crippen molar-refractivity contribution in [2.24, 2.45) is 0 Å². The molecule has 1 saturated heterocycles. The second kappa shape index (κ2) is 5.42. The van der Waals surface area contributed by atoms with Crippen LogP contribution in [0.2, 0.25) is 0 Å². The number of benzene rings is 1. The standard InChI is InChI=1S/C14H14N2O3S/c1-15-11(12(17)16(2)14(15)20)8-9-4-6-10(7-5-9)13(18)19-3/h4-8H,1-3H3/b11-8-. The Morgan fingerprint density at radius 1 is 1.20 bits per heavy atom. The van der Waals surface area contributed by atoms with Crippen molar-refractivity contribution in [2.75, 3.05) is 21.2 Å². The molecule has 0 aromatic heterocycles. The Morgan fingerprint density at radius 3 is 2.25 bits per heavy atom. The van der Waals surface area contributed by atoms with Gasteiger partial charge in [0.2, 0.25) is 0 Å². The SMILES string of the molecule is COC(=O)c1ccc(/C=C2/C(=O)N(C)C(=S)N2C)cc1. The Balaban J connectivity index is 2.29. The van der Waals surface area contributed by atoms with Crippen LogP contribution in [-0.2, 0) is 9.53 Å². The Bertz CT molecular complexity index is 607. The largest absolute Gasteiger partial charge is 0.465 e. The first kappa shape index (κ1) is 14.2. The summed E-state index contributed by atoms with van der Waals surface area (Å²) in [5, 5.41) is 0.465. The summed E-state index contributed by atoms with van der Waals surface area (Å²) in [7, 11) is 4.72. The summed E-state index contributed by atoms with van der Waals surface area (Å²) in [6, 6.07) is 6.81. The van der Waals surface area contributed by atoms with Crippen molar-refractivity contribution in [1.82, 2.24) is 9.80 Å². The first-order valence-electron chi connectivity index (χ1n) is 5.91. The van der Waals surface area contributed by atoms with Gasteiger partial charge in [0, 0.05) is 14.1 Å². The molecule has 1 fully saturated rings. The van der Waals surface area contributed by atoms with Crippen LogP contribution in [0.3, 0.4) is 0 Å². The van der Waals surface area contributed by atoms with E-state index in [1.165, 1.54) is 12.0 Å². The number of nitrogens with zero attached hydrogens (tertiary/aromatic N) is 2. The van der Waals surface area contributed by atoms with Gasteiger partial charge in [-0.3, -0.25) is 9.69 Å². The molecule has 1 amide bonds. The maximum Gasteiger partial charge on any atom is 0.337 e. The van der Waals surface area contributed by atoms with Crippen LogP contribution in [0.4, 0.5) is 0 Å². The number of rotatable bonds is 2. The Hall–Kier alpha value is -2.21. The predicted molar refractivity (Wildman–Crippen MR) is 78.9 cm³/mol. The first-order valence-corrected chi connectivity index (χ1v) is 6.32. The van der Waals surface area contributed by atoms with E-state index < -0.39 is 0 Å². The molecular weight excluding hydrogens is 276 g/mol. The number of amides is 1. The van der Waals surface area contributed by atoms with E-state index in [-0.39, 0.29) is 11.9 Å². The summed E-state index contributed by atoms with van der Waals surface area (Å²) >= 11 is 5.13. The van der Waals surface area contributed by atoms with E-state index >= 15 is 0 Å². The predicted octanol–water partition coefficient (Wildman–Crippen LogP) is 1.50. The molecule has 1 aromatic rings. The van der Waals surface area contributed by atoms with Gasteiger partial charge in [-0.05, 0) is 36.0 Å². The highest BCUT2D eigenvalue weighted by atomic mass is 32.1. The molecule has 0 bridgehead atoms. The van der Waals surface area contributed by atoms with Gasteiger partial charge >= 0.3 is 5.97 Å². The van der Waals surface area contributed by atoms with Gasteiger partial charge in [0.15, 0.2) is 5.11 Å². The normalized spacial score (nSPS) is 17.1. The van der Waals surface area contributed by atoms with Crippen molar-refractivity contribution in [3.8, 4) is 0 Å². The lowest BCUT2D eigenvalue weighted by Gasteiger charge is -2.11. The maximum atomic E-state index is 12.0. The zero-order valence-corrected chi connectivity index (χ0v) is 12.2. The number of methoxy groups -OCH3 is 1. The van der Waals surface area contributed by atoms with E-state index in [0.717, 1.165) is 5.56 Å². The van der Waals surface area contributed by atoms with Gasteiger partial charge in [-0.15, -0.1) is 0 Å². The molecule has 0 N–H and O–H groups in total. The molecule has 0 saturated carbocycles. The minimum absolute atomic E-state index is 0.144. The highest BCUT2D eigenvalue weighted by Crippen LogP contribution is 2.20. The summed E-state index contributed by atoms with van der Waals surface area (Å²) in [5.74, 6) is -0.534. The Labute approximate surface area is 122 Å². The van der Waals surface area contributed by atoms with Crippen molar-refractivity contribution in [3.05, 3.63) is 41.1 Å². The van der Waals surface area contributed by atoms with Crippen LogP contribution in [-0.4, -0.2) is 48.0 Å². The molecule has 1 aliphatic heterocycles. The number of carbonyl (C=O) groups is 2. The average Bonchev–Trinajstić information content (AvgIpc) is 2.65. The van der Waals surface area contributed by atoms with Crippen molar-refractivity contribution in [1.29, 1.82) is 0 Å². The number of likely N-dealkylation sites (N-methyl/N-ethyl adjacent to an activating group) is 2. The van der Waals surface area contributed by atoms with Crippen molar-refractivity contribution >= 4 is 35.3 Å². The zero-order chi connectivity index (χ0) is 14.9. The van der Waals surface area contributed by atoms with Crippen molar-refractivity contribution in [3.63, 3.8) is 0 Å². The molecule has 0 spiro atoms. The maximum absolute atomic E-state index is 12.0. The van der Waals surface area contributed by atoms with Gasteiger partial charge < -0.3 is 9.64 Å². The Kier molecular flexibility index (Phi) is 3.85. The Morgan fingerprint density at radius 2 is 1.80 bits per heavy atom. The molecule has 1 heterocycles. The van der Waals surface area contributed by atoms with Gasteiger partial charge in [0.25, 0.3) is 5.91 Å². The van der Waals surface area contributed by atoms with Crippen LogP contribution in [0, 0.1) is 0 Å². The van der Waals surface area contributed by atoms with E-state index in [1.807, 2.05) is 0 Å². The molecule has 0 aliphatic carbocycles. The summed E-state index contributed by atoms with van der Waals surface area (Å²) in [6.45, 7) is 0. The summed E-state index contributed by atoms with van der Waals surface area (Å²) in [5.41, 5.74) is 1.78. The lowest BCUT2D eigenvalue weighted by Crippen LogP contribution is -2.26.